The summed E-state index contributed by atoms with van der Waals surface area (Å²) < 4.78 is 11.0. The number of amides is 1. The lowest BCUT2D eigenvalue weighted by molar-refractivity contribution is -0.123. The quantitative estimate of drug-likeness (QED) is 0.768. The summed E-state index contributed by atoms with van der Waals surface area (Å²) in [5.74, 6) is 1.53. The number of nitrogens with two attached hydrogens (primary N) is 1. The van der Waals surface area contributed by atoms with Gasteiger partial charge in [-0.15, -0.1) is 0 Å². The molecule has 0 aromatic heterocycles. The van der Waals surface area contributed by atoms with Gasteiger partial charge in [-0.3, -0.25) is 4.79 Å². The van der Waals surface area contributed by atoms with Crippen LogP contribution in [0.25, 0.3) is 0 Å². The molecule has 0 radical (unpaired) electrons. The minimum absolute atomic E-state index is 0.0507. The average molecular weight is 248 g/mol. The topological polar surface area (TPSA) is 73.6 Å². The fourth-order valence-electron chi connectivity index (χ4n) is 2.40. The third-order valence-electron chi connectivity index (χ3n) is 3.37. The molecule has 96 valence electrons. The lowest BCUT2D eigenvalue weighted by atomic mass is 9.92. The maximum absolute atomic E-state index is 11.5. The molecule has 1 saturated heterocycles. The molecular formula is C13H16N2O3. The Balaban J connectivity index is 1.89. The van der Waals surface area contributed by atoms with Crippen molar-refractivity contribution in [3.05, 3.63) is 23.8 Å². The first-order valence-corrected chi connectivity index (χ1v) is 6.18. The molecule has 0 spiro atoms. The molecule has 1 fully saturated rings. The Labute approximate surface area is 105 Å². The van der Waals surface area contributed by atoms with Gasteiger partial charge in [0, 0.05) is 12.5 Å². The average Bonchev–Trinajstić information content (AvgIpc) is 2.41. The first kappa shape index (κ1) is 11.3. The van der Waals surface area contributed by atoms with Crippen LogP contribution in [0.2, 0.25) is 0 Å². The van der Waals surface area contributed by atoms with Gasteiger partial charge in [0.1, 0.15) is 13.2 Å². The summed E-state index contributed by atoms with van der Waals surface area (Å²) in [6.45, 7) is 1.13. The van der Waals surface area contributed by atoms with Crippen molar-refractivity contribution in [1.29, 1.82) is 0 Å². The maximum Gasteiger partial charge on any atom is 0.220 e. The number of carbonyl (C=O) groups excluding carboxylic acids is 1. The molecule has 2 atom stereocenters. The molecule has 3 N–H and O–H groups in total. The van der Waals surface area contributed by atoms with Gasteiger partial charge in [0.2, 0.25) is 5.91 Å². The second kappa shape index (κ2) is 4.49. The molecule has 1 aromatic rings. The van der Waals surface area contributed by atoms with E-state index in [-0.39, 0.29) is 18.0 Å². The van der Waals surface area contributed by atoms with Crippen molar-refractivity contribution in [2.45, 2.75) is 24.9 Å². The standard InChI is InChI=1S/C13H16N2O3/c14-9-2-4-12(16)15-13(9)8-1-3-10-11(7-8)18-6-5-17-10/h1,3,7,9,13H,2,4-6,14H2,(H,15,16). The Bertz CT molecular complexity index is 475. The first-order chi connectivity index (χ1) is 8.74. The van der Waals surface area contributed by atoms with Crippen LogP contribution in [0.1, 0.15) is 24.4 Å². The largest absolute Gasteiger partial charge is 0.486 e. The summed E-state index contributed by atoms with van der Waals surface area (Å²) in [6.07, 6.45) is 1.22. The fourth-order valence-corrected chi connectivity index (χ4v) is 2.40. The Hall–Kier alpha value is -1.75. The van der Waals surface area contributed by atoms with Gasteiger partial charge in [-0.1, -0.05) is 6.07 Å². The van der Waals surface area contributed by atoms with Crippen LogP contribution < -0.4 is 20.5 Å². The molecule has 5 nitrogen and oxygen atoms in total. The number of hydrogen-bond acceptors (Lipinski definition) is 4. The van der Waals surface area contributed by atoms with Crippen molar-refractivity contribution in [3.63, 3.8) is 0 Å². The van der Waals surface area contributed by atoms with Crippen LogP contribution in [-0.2, 0) is 4.79 Å². The second-order valence-electron chi connectivity index (χ2n) is 4.65. The van der Waals surface area contributed by atoms with E-state index in [4.69, 9.17) is 15.2 Å². The van der Waals surface area contributed by atoms with Crippen LogP contribution >= 0.6 is 0 Å². The summed E-state index contributed by atoms with van der Waals surface area (Å²) in [5.41, 5.74) is 7.03. The predicted octanol–water partition coefficient (Wildman–Crippen LogP) is 0.736. The molecule has 3 rings (SSSR count). The monoisotopic (exact) mass is 248 g/mol. The Morgan fingerprint density at radius 2 is 2.00 bits per heavy atom. The highest BCUT2D eigenvalue weighted by Crippen LogP contribution is 2.34. The van der Waals surface area contributed by atoms with E-state index < -0.39 is 0 Å². The van der Waals surface area contributed by atoms with Gasteiger partial charge in [-0.2, -0.15) is 0 Å². The van der Waals surface area contributed by atoms with Crippen LogP contribution in [0.4, 0.5) is 0 Å². The molecule has 2 unspecified atom stereocenters. The molecule has 5 heteroatoms. The summed E-state index contributed by atoms with van der Waals surface area (Å²) in [4.78, 5) is 11.5. The van der Waals surface area contributed by atoms with Crippen molar-refractivity contribution in [3.8, 4) is 11.5 Å². The SMILES string of the molecule is NC1CCC(=O)NC1c1ccc2c(c1)OCCO2. The van der Waals surface area contributed by atoms with Crippen LogP contribution in [0.5, 0.6) is 11.5 Å². The van der Waals surface area contributed by atoms with E-state index in [1.165, 1.54) is 0 Å². The zero-order valence-corrected chi connectivity index (χ0v) is 10.0. The van der Waals surface area contributed by atoms with E-state index in [1.807, 2.05) is 18.2 Å². The molecule has 0 aliphatic carbocycles. The van der Waals surface area contributed by atoms with Crippen LogP contribution in [0, 0.1) is 0 Å². The molecule has 1 aromatic carbocycles. The Morgan fingerprint density at radius 3 is 2.83 bits per heavy atom. The maximum atomic E-state index is 11.5. The van der Waals surface area contributed by atoms with Crippen molar-refractivity contribution < 1.29 is 14.3 Å². The van der Waals surface area contributed by atoms with Gasteiger partial charge in [-0.05, 0) is 24.1 Å². The van der Waals surface area contributed by atoms with Crippen LogP contribution in [0.3, 0.4) is 0 Å². The number of benzene rings is 1. The van der Waals surface area contributed by atoms with Crippen molar-refractivity contribution in [1.82, 2.24) is 5.32 Å². The number of hydrogen-bond donors (Lipinski definition) is 2. The van der Waals surface area contributed by atoms with Gasteiger partial charge in [0.15, 0.2) is 11.5 Å². The molecule has 0 bridgehead atoms. The molecule has 0 saturated carbocycles. The molecular weight excluding hydrogens is 232 g/mol. The third kappa shape index (κ3) is 2.01. The normalized spacial score (nSPS) is 26.6. The smallest absolute Gasteiger partial charge is 0.220 e. The zero-order chi connectivity index (χ0) is 12.5. The molecule has 2 aliphatic heterocycles. The third-order valence-corrected chi connectivity index (χ3v) is 3.37. The van der Waals surface area contributed by atoms with Gasteiger partial charge in [-0.25, -0.2) is 0 Å². The number of fused-ring (bicyclic) bond motifs is 1. The van der Waals surface area contributed by atoms with Crippen molar-refractivity contribution in [2.24, 2.45) is 5.73 Å². The lowest BCUT2D eigenvalue weighted by Gasteiger charge is -2.30. The summed E-state index contributed by atoms with van der Waals surface area (Å²) in [6, 6.07) is 5.53. The number of ether oxygens (including phenoxy) is 2. The van der Waals surface area contributed by atoms with E-state index in [0.29, 0.717) is 26.1 Å². The predicted molar refractivity (Wildman–Crippen MR) is 65.5 cm³/mol. The van der Waals surface area contributed by atoms with Crippen LogP contribution in [0.15, 0.2) is 18.2 Å². The van der Waals surface area contributed by atoms with Gasteiger partial charge >= 0.3 is 0 Å². The highest BCUT2D eigenvalue weighted by atomic mass is 16.6. The summed E-state index contributed by atoms with van der Waals surface area (Å²) in [7, 11) is 0. The zero-order valence-electron chi connectivity index (χ0n) is 10.0. The summed E-state index contributed by atoms with van der Waals surface area (Å²) in [5, 5.41) is 2.93. The lowest BCUT2D eigenvalue weighted by Crippen LogP contribution is -2.45. The van der Waals surface area contributed by atoms with E-state index >= 15 is 0 Å². The van der Waals surface area contributed by atoms with E-state index in [9.17, 15) is 4.79 Å². The summed E-state index contributed by atoms with van der Waals surface area (Å²) >= 11 is 0. The van der Waals surface area contributed by atoms with Gasteiger partial charge < -0.3 is 20.5 Å². The number of rotatable bonds is 1. The van der Waals surface area contributed by atoms with Crippen LogP contribution in [-0.4, -0.2) is 25.2 Å². The van der Waals surface area contributed by atoms with Gasteiger partial charge in [0.05, 0.1) is 6.04 Å². The number of piperidine rings is 1. The minimum Gasteiger partial charge on any atom is -0.486 e. The Morgan fingerprint density at radius 1 is 1.22 bits per heavy atom. The van der Waals surface area contributed by atoms with E-state index in [0.717, 1.165) is 17.1 Å². The molecule has 2 aliphatic rings. The molecule has 18 heavy (non-hydrogen) atoms. The second-order valence-corrected chi connectivity index (χ2v) is 4.65. The highest BCUT2D eigenvalue weighted by Gasteiger charge is 2.28. The van der Waals surface area contributed by atoms with E-state index in [2.05, 4.69) is 5.32 Å². The number of nitrogens with one attached hydrogen (secondary N) is 1. The van der Waals surface area contributed by atoms with E-state index in [1.54, 1.807) is 0 Å². The van der Waals surface area contributed by atoms with Gasteiger partial charge in [0.25, 0.3) is 0 Å². The van der Waals surface area contributed by atoms with Crippen molar-refractivity contribution in [2.75, 3.05) is 13.2 Å². The Kier molecular flexibility index (Phi) is 2.83. The molecule has 1 amide bonds. The molecule has 2 heterocycles. The first-order valence-electron chi connectivity index (χ1n) is 6.18. The minimum atomic E-state index is -0.137. The fraction of sp³-hybridized carbons (Fsp3) is 0.462. The highest BCUT2D eigenvalue weighted by molar-refractivity contribution is 5.77. The number of carbonyl (C=O) groups is 1. The van der Waals surface area contributed by atoms with Crippen molar-refractivity contribution >= 4 is 5.91 Å².